The van der Waals surface area contributed by atoms with Crippen molar-refractivity contribution in [3.8, 4) is 0 Å². The second-order valence-electron chi connectivity index (χ2n) is 3.94. The van der Waals surface area contributed by atoms with E-state index in [2.05, 4.69) is 4.98 Å². The molecule has 0 amide bonds. The van der Waals surface area contributed by atoms with Crippen LogP contribution in [-0.4, -0.2) is 9.55 Å². The first-order chi connectivity index (χ1) is 7.58. The number of benzene rings is 1. The minimum absolute atomic E-state index is 0.239. The summed E-state index contributed by atoms with van der Waals surface area (Å²) in [7, 11) is 1.93. The number of halogens is 1. The van der Waals surface area contributed by atoms with Gasteiger partial charge in [0, 0.05) is 24.5 Å². The molecule has 0 radical (unpaired) electrons. The molecular formula is C12H14ClN3. The fourth-order valence-electron chi connectivity index (χ4n) is 1.77. The molecule has 0 aliphatic carbocycles. The standard InChI is InChI=1S/C12H14ClN3/c1-8-5-9(7-10(13)6-8)11(14)12-15-3-4-16(12)2/h3-7,11H,14H2,1-2H3. The first-order valence-electron chi connectivity index (χ1n) is 5.08. The molecule has 0 bridgehead atoms. The van der Waals surface area contributed by atoms with Gasteiger partial charge in [-0.2, -0.15) is 0 Å². The molecule has 3 nitrogen and oxygen atoms in total. The van der Waals surface area contributed by atoms with Crippen LogP contribution in [0.15, 0.2) is 30.6 Å². The second-order valence-corrected chi connectivity index (χ2v) is 4.37. The lowest BCUT2D eigenvalue weighted by atomic mass is 10.0. The molecule has 0 saturated heterocycles. The molecule has 1 unspecified atom stereocenters. The van der Waals surface area contributed by atoms with Crippen LogP contribution in [0.3, 0.4) is 0 Å². The highest BCUT2D eigenvalue weighted by Crippen LogP contribution is 2.22. The monoisotopic (exact) mass is 235 g/mol. The second kappa shape index (κ2) is 4.28. The van der Waals surface area contributed by atoms with E-state index in [4.69, 9.17) is 17.3 Å². The molecule has 1 heterocycles. The van der Waals surface area contributed by atoms with Crippen molar-refractivity contribution in [2.75, 3.05) is 0 Å². The Labute approximate surface area is 99.9 Å². The third kappa shape index (κ3) is 2.10. The molecule has 0 saturated carbocycles. The number of aryl methyl sites for hydroxylation is 2. The summed E-state index contributed by atoms with van der Waals surface area (Å²) in [4.78, 5) is 4.25. The van der Waals surface area contributed by atoms with Crippen molar-refractivity contribution in [3.05, 3.63) is 52.6 Å². The van der Waals surface area contributed by atoms with Crippen molar-refractivity contribution in [3.63, 3.8) is 0 Å². The van der Waals surface area contributed by atoms with Crippen molar-refractivity contribution < 1.29 is 0 Å². The summed E-state index contributed by atoms with van der Waals surface area (Å²) < 4.78 is 1.92. The van der Waals surface area contributed by atoms with Gasteiger partial charge in [-0.15, -0.1) is 0 Å². The fraction of sp³-hybridized carbons (Fsp3) is 0.250. The normalized spacial score (nSPS) is 12.8. The Morgan fingerprint density at radius 2 is 2.12 bits per heavy atom. The summed E-state index contributed by atoms with van der Waals surface area (Å²) in [6, 6.07) is 5.59. The number of aromatic nitrogens is 2. The minimum Gasteiger partial charge on any atom is -0.336 e. The van der Waals surface area contributed by atoms with Gasteiger partial charge in [-0.05, 0) is 30.2 Å². The van der Waals surface area contributed by atoms with E-state index < -0.39 is 0 Å². The summed E-state index contributed by atoms with van der Waals surface area (Å²) in [6.07, 6.45) is 3.62. The van der Waals surface area contributed by atoms with E-state index in [0.29, 0.717) is 5.02 Å². The lowest BCUT2D eigenvalue weighted by molar-refractivity contribution is 0.716. The van der Waals surface area contributed by atoms with Gasteiger partial charge >= 0.3 is 0 Å². The van der Waals surface area contributed by atoms with Crippen molar-refractivity contribution in [1.29, 1.82) is 0 Å². The van der Waals surface area contributed by atoms with Crippen LogP contribution in [0.5, 0.6) is 0 Å². The van der Waals surface area contributed by atoms with E-state index in [0.717, 1.165) is 17.0 Å². The van der Waals surface area contributed by atoms with Crippen molar-refractivity contribution in [2.24, 2.45) is 12.8 Å². The number of imidazole rings is 1. The molecule has 0 fully saturated rings. The van der Waals surface area contributed by atoms with E-state index in [1.165, 1.54) is 0 Å². The summed E-state index contributed by atoms with van der Waals surface area (Å²) >= 11 is 6.01. The third-order valence-electron chi connectivity index (χ3n) is 2.56. The molecule has 0 aliphatic heterocycles. The molecule has 1 aromatic carbocycles. The van der Waals surface area contributed by atoms with Crippen molar-refractivity contribution in [1.82, 2.24) is 9.55 Å². The predicted molar refractivity (Wildman–Crippen MR) is 65.4 cm³/mol. The summed E-state index contributed by atoms with van der Waals surface area (Å²) in [6.45, 7) is 2.00. The minimum atomic E-state index is -0.239. The lowest BCUT2D eigenvalue weighted by Crippen LogP contribution is -2.16. The van der Waals surface area contributed by atoms with Gasteiger partial charge in [0.2, 0.25) is 0 Å². The van der Waals surface area contributed by atoms with Gasteiger partial charge in [0.1, 0.15) is 5.82 Å². The molecule has 2 N–H and O–H groups in total. The molecule has 0 aliphatic rings. The van der Waals surface area contributed by atoms with Crippen LogP contribution in [0.2, 0.25) is 5.02 Å². The highest BCUT2D eigenvalue weighted by atomic mass is 35.5. The Hall–Kier alpha value is -1.32. The Morgan fingerprint density at radius 1 is 1.38 bits per heavy atom. The lowest BCUT2D eigenvalue weighted by Gasteiger charge is -2.13. The van der Waals surface area contributed by atoms with Crippen LogP contribution >= 0.6 is 11.6 Å². The van der Waals surface area contributed by atoms with Crippen molar-refractivity contribution in [2.45, 2.75) is 13.0 Å². The maximum Gasteiger partial charge on any atom is 0.129 e. The van der Waals surface area contributed by atoms with E-state index in [1.54, 1.807) is 6.20 Å². The predicted octanol–water partition coefficient (Wildman–Crippen LogP) is 2.43. The van der Waals surface area contributed by atoms with Crippen LogP contribution in [0.4, 0.5) is 0 Å². The largest absolute Gasteiger partial charge is 0.336 e. The highest BCUT2D eigenvalue weighted by molar-refractivity contribution is 6.30. The molecule has 1 atom stereocenters. The van der Waals surface area contributed by atoms with E-state index in [9.17, 15) is 0 Å². The number of nitrogens with two attached hydrogens (primary N) is 1. The molecule has 1 aromatic heterocycles. The number of hydrogen-bond donors (Lipinski definition) is 1. The zero-order valence-corrected chi connectivity index (χ0v) is 10.1. The first kappa shape index (κ1) is 11.2. The molecule has 2 aromatic rings. The summed E-state index contributed by atoms with van der Waals surface area (Å²) in [5.41, 5.74) is 8.25. The maximum atomic E-state index is 6.16. The zero-order valence-electron chi connectivity index (χ0n) is 9.31. The van der Waals surface area contributed by atoms with Crippen LogP contribution in [0, 0.1) is 6.92 Å². The smallest absolute Gasteiger partial charge is 0.129 e. The average molecular weight is 236 g/mol. The van der Waals surface area contributed by atoms with Crippen LogP contribution in [0.1, 0.15) is 23.0 Å². The molecule has 16 heavy (non-hydrogen) atoms. The molecule has 84 valence electrons. The number of nitrogens with zero attached hydrogens (tertiary/aromatic N) is 2. The van der Waals surface area contributed by atoms with Gasteiger partial charge in [0.25, 0.3) is 0 Å². The van der Waals surface area contributed by atoms with Gasteiger partial charge < -0.3 is 10.3 Å². The van der Waals surface area contributed by atoms with E-state index in [-0.39, 0.29) is 6.04 Å². The SMILES string of the molecule is Cc1cc(Cl)cc(C(N)c2nccn2C)c1. The fourth-order valence-corrected chi connectivity index (χ4v) is 2.07. The Bertz CT molecular complexity index is 484. The van der Waals surface area contributed by atoms with Gasteiger partial charge in [-0.1, -0.05) is 17.7 Å². The van der Waals surface area contributed by atoms with Crippen LogP contribution in [-0.2, 0) is 7.05 Å². The average Bonchev–Trinajstić information content (AvgIpc) is 2.62. The van der Waals surface area contributed by atoms with Crippen LogP contribution in [0.25, 0.3) is 0 Å². The third-order valence-corrected chi connectivity index (χ3v) is 2.78. The van der Waals surface area contributed by atoms with Gasteiger partial charge in [0.05, 0.1) is 6.04 Å². The van der Waals surface area contributed by atoms with Gasteiger partial charge in [0.15, 0.2) is 0 Å². The summed E-state index contributed by atoms with van der Waals surface area (Å²) in [5.74, 6) is 0.835. The Kier molecular flexibility index (Phi) is 2.99. The zero-order chi connectivity index (χ0) is 11.7. The topological polar surface area (TPSA) is 43.8 Å². The maximum absolute atomic E-state index is 6.16. The molecule has 2 rings (SSSR count). The van der Waals surface area contributed by atoms with Crippen molar-refractivity contribution >= 4 is 11.6 Å². The van der Waals surface area contributed by atoms with Gasteiger partial charge in [-0.3, -0.25) is 0 Å². The molecule has 0 spiro atoms. The molecule has 4 heteroatoms. The summed E-state index contributed by atoms with van der Waals surface area (Å²) in [5, 5.41) is 0.708. The number of hydrogen-bond acceptors (Lipinski definition) is 2. The number of rotatable bonds is 2. The first-order valence-corrected chi connectivity index (χ1v) is 5.45. The Morgan fingerprint density at radius 3 is 2.69 bits per heavy atom. The van der Waals surface area contributed by atoms with E-state index in [1.807, 2.05) is 42.9 Å². The van der Waals surface area contributed by atoms with Crippen LogP contribution < -0.4 is 5.73 Å². The van der Waals surface area contributed by atoms with Gasteiger partial charge in [-0.25, -0.2) is 4.98 Å². The molecular weight excluding hydrogens is 222 g/mol. The quantitative estimate of drug-likeness (QED) is 0.869. The highest BCUT2D eigenvalue weighted by Gasteiger charge is 2.13. The van der Waals surface area contributed by atoms with E-state index >= 15 is 0 Å². The Balaban J connectivity index is 2.41.